The number of hydrogen-bond acceptors (Lipinski definition) is 4. The van der Waals surface area contributed by atoms with E-state index in [1.807, 2.05) is 12.1 Å². The predicted octanol–water partition coefficient (Wildman–Crippen LogP) is 3.19. The summed E-state index contributed by atoms with van der Waals surface area (Å²) in [6, 6.07) is 17.7. The minimum Gasteiger partial charge on any atom is -0.355 e. The van der Waals surface area contributed by atoms with E-state index in [9.17, 15) is 9.59 Å². The Labute approximate surface area is 155 Å². The summed E-state index contributed by atoms with van der Waals surface area (Å²) < 4.78 is 0. The van der Waals surface area contributed by atoms with Gasteiger partial charge in [0, 0.05) is 30.2 Å². The van der Waals surface area contributed by atoms with Crippen molar-refractivity contribution in [2.45, 2.75) is 6.42 Å². The van der Waals surface area contributed by atoms with E-state index in [0.29, 0.717) is 29.2 Å². The Morgan fingerprint density at radius 1 is 0.667 bits per heavy atom. The second kappa shape index (κ2) is 7.21. The van der Waals surface area contributed by atoms with Crippen molar-refractivity contribution in [3.05, 3.63) is 107 Å². The van der Waals surface area contributed by atoms with Crippen LogP contribution in [0.5, 0.6) is 0 Å². The highest BCUT2D eigenvalue weighted by molar-refractivity contribution is 6.07. The maximum Gasteiger partial charge on any atom is 0.227 e. The molecule has 4 aromatic rings. The molecule has 0 aliphatic rings. The quantitative estimate of drug-likeness (QED) is 0.519. The van der Waals surface area contributed by atoms with Gasteiger partial charge in [-0.15, -0.1) is 0 Å². The number of carbonyl (C=O) groups excluding carboxylic acids is 2. The molecule has 132 valence electrons. The van der Waals surface area contributed by atoms with Gasteiger partial charge in [-0.05, 0) is 48.5 Å². The third-order valence-corrected chi connectivity index (χ3v) is 4.16. The minimum absolute atomic E-state index is 0.153. The van der Waals surface area contributed by atoms with Crippen molar-refractivity contribution in [2.24, 2.45) is 0 Å². The first-order valence-electron chi connectivity index (χ1n) is 8.48. The van der Waals surface area contributed by atoms with Crippen molar-refractivity contribution in [3.8, 4) is 0 Å². The van der Waals surface area contributed by atoms with Crippen molar-refractivity contribution in [3.63, 3.8) is 0 Å². The van der Waals surface area contributed by atoms with Gasteiger partial charge in [0.25, 0.3) is 0 Å². The molecule has 0 amide bonds. The van der Waals surface area contributed by atoms with E-state index in [2.05, 4.69) is 19.9 Å². The SMILES string of the molecule is O=C(c1ccccn1)c1ccc(Cc2ccc(C(=O)c3ccccn3)[nH]2)[nH]1. The Hall–Kier alpha value is -3.80. The fourth-order valence-electron chi connectivity index (χ4n) is 2.83. The number of nitrogens with zero attached hydrogens (tertiary/aromatic N) is 2. The number of nitrogens with one attached hydrogen (secondary N) is 2. The molecule has 0 bridgehead atoms. The molecule has 27 heavy (non-hydrogen) atoms. The second-order valence-corrected chi connectivity index (χ2v) is 6.06. The zero-order chi connectivity index (χ0) is 18.6. The first-order chi connectivity index (χ1) is 13.2. The molecule has 0 saturated carbocycles. The van der Waals surface area contributed by atoms with Crippen LogP contribution in [0.15, 0.2) is 73.1 Å². The molecule has 6 heteroatoms. The molecule has 0 radical (unpaired) electrons. The summed E-state index contributed by atoms with van der Waals surface area (Å²) in [5.41, 5.74) is 3.50. The molecule has 6 nitrogen and oxygen atoms in total. The summed E-state index contributed by atoms with van der Waals surface area (Å²) in [6.45, 7) is 0. The topological polar surface area (TPSA) is 91.5 Å². The van der Waals surface area contributed by atoms with Gasteiger partial charge >= 0.3 is 0 Å². The van der Waals surface area contributed by atoms with Gasteiger partial charge in [-0.1, -0.05) is 12.1 Å². The van der Waals surface area contributed by atoms with Gasteiger partial charge in [-0.2, -0.15) is 0 Å². The molecule has 4 rings (SSSR count). The van der Waals surface area contributed by atoms with Crippen LogP contribution in [0.25, 0.3) is 0 Å². The van der Waals surface area contributed by atoms with Crippen molar-refractivity contribution in [1.29, 1.82) is 0 Å². The van der Waals surface area contributed by atoms with Crippen LogP contribution in [-0.4, -0.2) is 31.5 Å². The number of aromatic amines is 2. The summed E-state index contributed by atoms with van der Waals surface area (Å²) in [4.78, 5) is 39.2. The van der Waals surface area contributed by atoms with E-state index >= 15 is 0 Å². The maximum absolute atomic E-state index is 12.4. The maximum atomic E-state index is 12.4. The normalized spacial score (nSPS) is 10.7. The largest absolute Gasteiger partial charge is 0.355 e. The smallest absolute Gasteiger partial charge is 0.227 e. The lowest BCUT2D eigenvalue weighted by atomic mass is 10.2. The van der Waals surface area contributed by atoms with Gasteiger partial charge in [-0.3, -0.25) is 19.6 Å². The Morgan fingerprint density at radius 3 is 1.56 bits per heavy atom. The molecule has 0 aliphatic carbocycles. The fourth-order valence-corrected chi connectivity index (χ4v) is 2.83. The Morgan fingerprint density at radius 2 is 1.15 bits per heavy atom. The average molecular weight is 356 g/mol. The van der Waals surface area contributed by atoms with Gasteiger partial charge in [0.05, 0.1) is 11.4 Å². The number of aromatic nitrogens is 4. The van der Waals surface area contributed by atoms with Crippen molar-refractivity contribution in [2.75, 3.05) is 0 Å². The lowest BCUT2D eigenvalue weighted by molar-refractivity contribution is 0.102. The van der Waals surface area contributed by atoms with Gasteiger partial charge < -0.3 is 9.97 Å². The first kappa shape index (κ1) is 16.7. The number of H-pyrrole nitrogens is 2. The van der Waals surface area contributed by atoms with Crippen LogP contribution in [0.2, 0.25) is 0 Å². The number of ketones is 2. The number of carbonyl (C=O) groups is 2. The van der Waals surface area contributed by atoms with E-state index in [1.165, 1.54) is 0 Å². The third kappa shape index (κ3) is 3.59. The van der Waals surface area contributed by atoms with Crippen LogP contribution in [0.3, 0.4) is 0 Å². The highest BCUT2D eigenvalue weighted by Crippen LogP contribution is 2.14. The number of rotatable bonds is 6. The third-order valence-electron chi connectivity index (χ3n) is 4.16. The van der Waals surface area contributed by atoms with Crippen LogP contribution in [0.1, 0.15) is 43.8 Å². The van der Waals surface area contributed by atoms with Gasteiger partial charge in [-0.25, -0.2) is 0 Å². The van der Waals surface area contributed by atoms with Gasteiger partial charge in [0.1, 0.15) is 11.4 Å². The molecule has 0 atom stereocenters. The highest BCUT2D eigenvalue weighted by atomic mass is 16.1. The molecular formula is C21H16N4O2. The molecular weight excluding hydrogens is 340 g/mol. The molecule has 4 heterocycles. The van der Waals surface area contributed by atoms with Crippen molar-refractivity contribution in [1.82, 2.24) is 19.9 Å². The summed E-state index contributed by atoms with van der Waals surface area (Å²) in [7, 11) is 0. The lowest BCUT2D eigenvalue weighted by Crippen LogP contribution is -2.05. The second-order valence-electron chi connectivity index (χ2n) is 6.06. The number of pyridine rings is 2. The Kier molecular flexibility index (Phi) is 4.45. The Bertz CT molecular complexity index is 994. The van der Waals surface area contributed by atoms with E-state index in [4.69, 9.17) is 0 Å². The van der Waals surface area contributed by atoms with Crippen LogP contribution >= 0.6 is 0 Å². The lowest BCUT2D eigenvalue weighted by Gasteiger charge is -1.99. The minimum atomic E-state index is -0.153. The molecule has 2 N–H and O–H groups in total. The molecule has 0 unspecified atom stereocenters. The average Bonchev–Trinajstić information content (AvgIpc) is 3.38. The van der Waals surface area contributed by atoms with Crippen molar-refractivity contribution < 1.29 is 9.59 Å². The summed E-state index contributed by atoms with van der Waals surface area (Å²) in [5.74, 6) is -0.307. The molecule has 0 fully saturated rings. The first-order valence-corrected chi connectivity index (χ1v) is 8.48. The van der Waals surface area contributed by atoms with Crippen LogP contribution in [0, 0.1) is 0 Å². The van der Waals surface area contributed by atoms with E-state index in [-0.39, 0.29) is 11.6 Å². The van der Waals surface area contributed by atoms with Gasteiger partial charge in [0.15, 0.2) is 0 Å². The summed E-state index contributed by atoms with van der Waals surface area (Å²) >= 11 is 0. The monoisotopic (exact) mass is 356 g/mol. The molecule has 0 aromatic carbocycles. The molecule has 0 aliphatic heterocycles. The highest BCUT2D eigenvalue weighted by Gasteiger charge is 2.14. The number of hydrogen-bond donors (Lipinski definition) is 2. The molecule has 0 saturated heterocycles. The Balaban J connectivity index is 1.48. The molecule has 4 aromatic heterocycles. The van der Waals surface area contributed by atoms with Crippen LogP contribution in [0.4, 0.5) is 0 Å². The summed E-state index contributed by atoms with van der Waals surface area (Å²) in [5, 5.41) is 0. The fraction of sp³-hybridized carbons (Fsp3) is 0.0476. The molecule has 0 spiro atoms. The zero-order valence-electron chi connectivity index (χ0n) is 14.3. The summed E-state index contributed by atoms with van der Waals surface area (Å²) in [6.07, 6.45) is 3.73. The van der Waals surface area contributed by atoms with Gasteiger partial charge in [0.2, 0.25) is 11.6 Å². The van der Waals surface area contributed by atoms with E-state index in [1.54, 1.807) is 60.9 Å². The van der Waals surface area contributed by atoms with E-state index in [0.717, 1.165) is 11.4 Å². The van der Waals surface area contributed by atoms with Crippen LogP contribution in [-0.2, 0) is 6.42 Å². The zero-order valence-corrected chi connectivity index (χ0v) is 14.3. The predicted molar refractivity (Wildman–Crippen MR) is 99.7 cm³/mol. The van der Waals surface area contributed by atoms with Crippen LogP contribution < -0.4 is 0 Å². The van der Waals surface area contributed by atoms with E-state index < -0.39 is 0 Å². The van der Waals surface area contributed by atoms with Crippen molar-refractivity contribution >= 4 is 11.6 Å². The standard InChI is InChI=1S/C21H16N4O2/c26-20(16-5-1-3-11-22-16)18-9-7-14(24-18)13-15-8-10-19(25-15)21(27)17-6-2-4-12-23-17/h1-12,24-25H,13H2.